The van der Waals surface area contributed by atoms with Gasteiger partial charge in [0.1, 0.15) is 0 Å². The van der Waals surface area contributed by atoms with Crippen LogP contribution in [0.15, 0.2) is 24.3 Å². The average Bonchev–Trinajstić information content (AvgIpc) is 2.24. The SMILES string of the molecule is CC(S)C(=O)NCc1ccccc1C(F)(F)F. The monoisotopic (exact) mass is 263 g/mol. The van der Waals surface area contributed by atoms with Crippen molar-refractivity contribution >= 4 is 18.5 Å². The fourth-order valence-electron chi connectivity index (χ4n) is 1.28. The first kappa shape index (κ1) is 13.9. The zero-order valence-electron chi connectivity index (χ0n) is 9.08. The number of hydrogen-bond donors (Lipinski definition) is 2. The van der Waals surface area contributed by atoms with Crippen molar-refractivity contribution in [3.8, 4) is 0 Å². The van der Waals surface area contributed by atoms with Crippen LogP contribution < -0.4 is 5.32 Å². The summed E-state index contributed by atoms with van der Waals surface area (Å²) in [5.74, 6) is -0.398. The first-order valence-corrected chi connectivity index (χ1v) is 5.45. The lowest BCUT2D eigenvalue weighted by molar-refractivity contribution is -0.138. The van der Waals surface area contributed by atoms with E-state index >= 15 is 0 Å². The van der Waals surface area contributed by atoms with Crippen molar-refractivity contribution in [2.45, 2.75) is 24.9 Å². The lowest BCUT2D eigenvalue weighted by Gasteiger charge is -2.13. The van der Waals surface area contributed by atoms with Gasteiger partial charge in [-0.05, 0) is 18.6 Å². The fourth-order valence-corrected chi connectivity index (χ4v) is 1.37. The van der Waals surface area contributed by atoms with Gasteiger partial charge in [-0.15, -0.1) is 0 Å². The standard InChI is InChI=1S/C11H12F3NOS/c1-7(17)10(16)15-6-8-4-2-3-5-9(8)11(12,13)14/h2-5,7,17H,6H2,1H3,(H,15,16). The van der Waals surface area contributed by atoms with Gasteiger partial charge in [0.05, 0.1) is 10.8 Å². The van der Waals surface area contributed by atoms with Crippen LogP contribution in [0.25, 0.3) is 0 Å². The van der Waals surface area contributed by atoms with Crippen LogP contribution >= 0.6 is 12.6 Å². The van der Waals surface area contributed by atoms with Crippen molar-refractivity contribution < 1.29 is 18.0 Å². The normalized spacial score (nSPS) is 13.2. The van der Waals surface area contributed by atoms with Crippen molar-refractivity contribution in [3.63, 3.8) is 0 Å². The number of nitrogens with one attached hydrogen (secondary N) is 1. The molecule has 0 bridgehead atoms. The van der Waals surface area contributed by atoms with Crippen LogP contribution in [0.1, 0.15) is 18.1 Å². The molecule has 1 unspecified atom stereocenters. The van der Waals surface area contributed by atoms with E-state index in [1.807, 2.05) is 0 Å². The predicted molar refractivity (Wildman–Crippen MR) is 61.7 cm³/mol. The minimum atomic E-state index is -4.41. The maximum Gasteiger partial charge on any atom is 0.416 e. The largest absolute Gasteiger partial charge is 0.416 e. The molecule has 1 atom stereocenters. The summed E-state index contributed by atoms with van der Waals surface area (Å²) in [6.07, 6.45) is -4.41. The minimum Gasteiger partial charge on any atom is -0.351 e. The van der Waals surface area contributed by atoms with E-state index in [1.165, 1.54) is 18.2 Å². The summed E-state index contributed by atoms with van der Waals surface area (Å²) in [4.78, 5) is 11.2. The molecule has 0 aromatic heterocycles. The average molecular weight is 263 g/mol. The molecule has 0 spiro atoms. The van der Waals surface area contributed by atoms with Crippen LogP contribution in [0.5, 0.6) is 0 Å². The van der Waals surface area contributed by atoms with Gasteiger partial charge in [-0.25, -0.2) is 0 Å². The van der Waals surface area contributed by atoms with E-state index in [9.17, 15) is 18.0 Å². The maximum absolute atomic E-state index is 12.6. The zero-order chi connectivity index (χ0) is 13.1. The molecule has 0 saturated heterocycles. The molecular weight excluding hydrogens is 251 g/mol. The van der Waals surface area contributed by atoms with E-state index in [2.05, 4.69) is 17.9 Å². The van der Waals surface area contributed by atoms with Gasteiger partial charge in [0.2, 0.25) is 5.91 Å². The quantitative estimate of drug-likeness (QED) is 0.807. The van der Waals surface area contributed by atoms with Crippen molar-refractivity contribution in [1.29, 1.82) is 0 Å². The molecule has 1 N–H and O–H groups in total. The summed E-state index contributed by atoms with van der Waals surface area (Å²) in [6.45, 7) is 1.40. The van der Waals surface area contributed by atoms with E-state index < -0.39 is 22.9 Å². The fraction of sp³-hybridized carbons (Fsp3) is 0.364. The highest BCUT2D eigenvalue weighted by molar-refractivity contribution is 7.81. The van der Waals surface area contributed by atoms with Gasteiger partial charge in [-0.1, -0.05) is 18.2 Å². The van der Waals surface area contributed by atoms with Crippen LogP contribution in [-0.4, -0.2) is 11.2 Å². The highest BCUT2D eigenvalue weighted by Crippen LogP contribution is 2.31. The molecule has 1 rings (SSSR count). The Balaban J connectivity index is 2.82. The summed E-state index contributed by atoms with van der Waals surface area (Å²) in [5, 5.41) is 1.85. The van der Waals surface area contributed by atoms with Crippen molar-refractivity contribution in [2.24, 2.45) is 0 Å². The smallest absolute Gasteiger partial charge is 0.351 e. The number of amides is 1. The van der Waals surface area contributed by atoms with Gasteiger partial charge in [-0.2, -0.15) is 25.8 Å². The molecule has 94 valence electrons. The second kappa shape index (κ2) is 5.44. The molecule has 1 amide bonds. The van der Waals surface area contributed by atoms with Crippen LogP contribution in [0.3, 0.4) is 0 Å². The Bertz CT molecular complexity index is 404. The van der Waals surface area contributed by atoms with Crippen molar-refractivity contribution in [3.05, 3.63) is 35.4 Å². The molecule has 0 fully saturated rings. The van der Waals surface area contributed by atoms with E-state index in [-0.39, 0.29) is 12.1 Å². The molecule has 0 saturated carbocycles. The maximum atomic E-state index is 12.6. The highest BCUT2D eigenvalue weighted by atomic mass is 32.1. The summed E-state index contributed by atoms with van der Waals surface area (Å²) < 4.78 is 37.8. The molecule has 2 nitrogen and oxygen atoms in total. The van der Waals surface area contributed by atoms with Gasteiger partial charge >= 0.3 is 6.18 Å². The van der Waals surface area contributed by atoms with E-state index in [0.717, 1.165) is 6.07 Å². The second-order valence-electron chi connectivity index (χ2n) is 3.55. The molecule has 0 radical (unpaired) electrons. The number of carbonyl (C=O) groups is 1. The number of rotatable bonds is 3. The number of hydrogen-bond acceptors (Lipinski definition) is 2. The molecule has 1 aromatic rings. The Morgan fingerprint density at radius 2 is 2.00 bits per heavy atom. The lowest BCUT2D eigenvalue weighted by atomic mass is 10.1. The highest BCUT2D eigenvalue weighted by Gasteiger charge is 2.32. The molecule has 0 heterocycles. The van der Waals surface area contributed by atoms with Gasteiger partial charge < -0.3 is 5.32 Å². The van der Waals surface area contributed by atoms with E-state index in [1.54, 1.807) is 6.92 Å². The summed E-state index contributed by atoms with van der Waals surface area (Å²) in [6, 6.07) is 5.15. The van der Waals surface area contributed by atoms with Crippen LogP contribution in [0.4, 0.5) is 13.2 Å². The Morgan fingerprint density at radius 1 is 1.41 bits per heavy atom. The Morgan fingerprint density at radius 3 is 2.53 bits per heavy atom. The Hall–Kier alpha value is -1.17. The molecular formula is C11H12F3NOS. The van der Waals surface area contributed by atoms with Crippen molar-refractivity contribution in [1.82, 2.24) is 5.32 Å². The van der Waals surface area contributed by atoms with Crippen LogP contribution in [0.2, 0.25) is 0 Å². The van der Waals surface area contributed by atoms with Crippen LogP contribution in [0, 0.1) is 0 Å². The first-order chi connectivity index (χ1) is 7.82. The summed E-state index contributed by atoms with van der Waals surface area (Å²) in [5.41, 5.74) is -0.686. The molecule has 0 aliphatic carbocycles. The predicted octanol–water partition coefficient (Wildman–Crippen LogP) is 2.64. The molecule has 17 heavy (non-hydrogen) atoms. The van der Waals surface area contributed by atoms with Crippen molar-refractivity contribution in [2.75, 3.05) is 0 Å². The van der Waals surface area contributed by atoms with E-state index in [4.69, 9.17) is 0 Å². The number of halogens is 3. The molecule has 6 heteroatoms. The minimum absolute atomic E-state index is 0.0438. The van der Waals surface area contributed by atoms with Crippen LogP contribution in [-0.2, 0) is 17.5 Å². The number of benzene rings is 1. The lowest BCUT2D eigenvalue weighted by Crippen LogP contribution is -2.30. The third-order valence-corrected chi connectivity index (χ3v) is 2.39. The third kappa shape index (κ3) is 3.96. The zero-order valence-corrected chi connectivity index (χ0v) is 9.98. The van der Waals surface area contributed by atoms with Gasteiger partial charge in [0.25, 0.3) is 0 Å². The van der Waals surface area contributed by atoms with E-state index in [0.29, 0.717) is 0 Å². The summed E-state index contributed by atoms with van der Waals surface area (Å²) in [7, 11) is 0. The number of thiol groups is 1. The summed E-state index contributed by atoms with van der Waals surface area (Å²) >= 11 is 3.89. The third-order valence-electron chi connectivity index (χ3n) is 2.16. The molecule has 1 aromatic carbocycles. The second-order valence-corrected chi connectivity index (χ2v) is 4.32. The molecule has 0 aliphatic heterocycles. The Labute approximate surface area is 103 Å². The number of alkyl halides is 3. The topological polar surface area (TPSA) is 29.1 Å². The first-order valence-electron chi connectivity index (χ1n) is 4.93. The van der Waals surface area contributed by atoms with Gasteiger partial charge in [0, 0.05) is 6.54 Å². The Kier molecular flexibility index (Phi) is 4.45. The number of carbonyl (C=O) groups excluding carboxylic acids is 1. The van der Waals surface area contributed by atoms with Gasteiger partial charge in [-0.3, -0.25) is 4.79 Å². The molecule has 0 aliphatic rings. The van der Waals surface area contributed by atoms with Gasteiger partial charge in [0.15, 0.2) is 0 Å².